The van der Waals surface area contributed by atoms with E-state index in [-0.39, 0.29) is 0 Å². The van der Waals surface area contributed by atoms with Crippen molar-refractivity contribution in [1.29, 1.82) is 0 Å². The summed E-state index contributed by atoms with van der Waals surface area (Å²) in [5.41, 5.74) is 2.99. The Morgan fingerprint density at radius 1 is 1.03 bits per heavy atom. The molecule has 5 rings (SSSR count). The van der Waals surface area contributed by atoms with Gasteiger partial charge < -0.3 is 10.2 Å². The van der Waals surface area contributed by atoms with Crippen LogP contribution in [0.25, 0.3) is 10.9 Å². The van der Waals surface area contributed by atoms with E-state index in [1.807, 2.05) is 35.2 Å². The Hall–Kier alpha value is -3.06. The third-order valence-corrected chi connectivity index (χ3v) is 5.68. The van der Waals surface area contributed by atoms with Crippen molar-refractivity contribution >= 4 is 17.1 Å². The Morgan fingerprint density at radius 3 is 2.60 bits per heavy atom. The van der Waals surface area contributed by atoms with Crippen molar-refractivity contribution in [2.75, 3.05) is 13.1 Å². The van der Waals surface area contributed by atoms with Crippen LogP contribution >= 0.6 is 0 Å². The first-order chi connectivity index (χ1) is 14.5. The normalized spacial score (nSPS) is 19.4. The molecule has 0 radical (unpaired) electrons. The standard InChI is InChI=1S/C23H21F3N4/c24-23(25,26)21-12-17-8-4-5-9-20(17)30(21)22-28-14-18-13-27-11-10-19(18)29(22)15-16-6-2-1-3-7-16/h1-9,12,14,22,27H,10-11,13,15H2. The van der Waals surface area contributed by atoms with Gasteiger partial charge in [-0.1, -0.05) is 48.5 Å². The van der Waals surface area contributed by atoms with E-state index in [1.54, 1.807) is 30.5 Å². The molecule has 3 aromatic rings. The third-order valence-electron chi connectivity index (χ3n) is 5.68. The maximum absolute atomic E-state index is 14.0. The fourth-order valence-corrected chi connectivity index (χ4v) is 4.32. The van der Waals surface area contributed by atoms with Crippen molar-refractivity contribution < 1.29 is 13.2 Å². The highest BCUT2D eigenvalue weighted by molar-refractivity contribution is 5.83. The Bertz CT molecular complexity index is 1130. The molecule has 2 aromatic carbocycles. The summed E-state index contributed by atoms with van der Waals surface area (Å²) < 4.78 is 43.4. The summed E-state index contributed by atoms with van der Waals surface area (Å²) in [5.74, 6) is 0. The summed E-state index contributed by atoms with van der Waals surface area (Å²) in [7, 11) is 0. The largest absolute Gasteiger partial charge is 0.431 e. The molecular weight excluding hydrogens is 389 g/mol. The van der Waals surface area contributed by atoms with Crippen molar-refractivity contribution in [2.24, 2.45) is 4.99 Å². The molecule has 1 aromatic heterocycles. The van der Waals surface area contributed by atoms with Gasteiger partial charge in [0.05, 0.1) is 5.52 Å². The molecular formula is C23H21F3N4. The van der Waals surface area contributed by atoms with E-state index >= 15 is 0 Å². The average Bonchev–Trinajstić information content (AvgIpc) is 3.15. The highest BCUT2D eigenvalue weighted by Crippen LogP contribution is 2.40. The van der Waals surface area contributed by atoms with Crippen LogP contribution in [0.2, 0.25) is 0 Å². The smallest absolute Gasteiger partial charge is 0.331 e. The number of benzene rings is 2. The summed E-state index contributed by atoms with van der Waals surface area (Å²) in [5, 5.41) is 3.88. The van der Waals surface area contributed by atoms with Crippen molar-refractivity contribution in [3.8, 4) is 0 Å². The van der Waals surface area contributed by atoms with Crippen molar-refractivity contribution in [2.45, 2.75) is 25.4 Å². The zero-order valence-electron chi connectivity index (χ0n) is 16.2. The third kappa shape index (κ3) is 3.29. The number of rotatable bonds is 3. The Morgan fingerprint density at radius 2 is 1.80 bits per heavy atom. The molecule has 2 aliphatic heterocycles. The SMILES string of the molecule is FC(F)(F)c1cc2ccccc2n1C1N=CC2=C(CCNC2)N1Cc1ccccc1. The fourth-order valence-electron chi connectivity index (χ4n) is 4.32. The molecule has 0 aliphatic carbocycles. The van der Waals surface area contributed by atoms with E-state index in [4.69, 9.17) is 0 Å². The van der Waals surface area contributed by atoms with Crippen LogP contribution in [-0.4, -0.2) is 28.8 Å². The Kier molecular flexibility index (Phi) is 4.62. The first kappa shape index (κ1) is 18.9. The molecule has 154 valence electrons. The first-order valence-corrected chi connectivity index (χ1v) is 9.96. The minimum Gasteiger partial charge on any atom is -0.331 e. The fraction of sp³-hybridized carbons (Fsp3) is 0.261. The van der Waals surface area contributed by atoms with E-state index < -0.39 is 18.2 Å². The van der Waals surface area contributed by atoms with Crippen LogP contribution in [0.15, 0.2) is 76.9 Å². The average molecular weight is 410 g/mol. The molecule has 0 spiro atoms. The van der Waals surface area contributed by atoms with Gasteiger partial charge in [-0.25, -0.2) is 4.99 Å². The van der Waals surface area contributed by atoms with Gasteiger partial charge in [0.2, 0.25) is 6.29 Å². The lowest BCUT2D eigenvalue weighted by Gasteiger charge is -2.40. The quantitative estimate of drug-likeness (QED) is 0.663. The van der Waals surface area contributed by atoms with E-state index in [2.05, 4.69) is 10.3 Å². The van der Waals surface area contributed by atoms with Crippen LogP contribution in [0.4, 0.5) is 13.2 Å². The van der Waals surface area contributed by atoms with Gasteiger partial charge in [0.1, 0.15) is 5.69 Å². The number of aliphatic imine (C=N–C) groups is 1. The first-order valence-electron chi connectivity index (χ1n) is 9.96. The minimum absolute atomic E-state index is 0.492. The molecule has 1 N–H and O–H groups in total. The highest BCUT2D eigenvalue weighted by Gasteiger charge is 2.39. The lowest BCUT2D eigenvalue weighted by atomic mass is 10.0. The number of alkyl halides is 3. The highest BCUT2D eigenvalue weighted by atomic mass is 19.4. The predicted octanol–water partition coefficient (Wildman–Crippen LogP) is 4.95. The van der Waals surface area contributed by atoms with Crippen LogP contribution in [0.3, 0.4) is 0 Å². The molecule has 2 aliphatic rings. The zero-order chi connectivity index (χ0) is 20.7. The van der Waals surface area contributed by atoms with Crippen LogP contribution in [0, 0.1) is 0 Å². The number of fused-ring (bicyclic) bond motifs is 1. The van der Waals surface area contributed by atoms with Crippen molar-refractivity contribution in [1.82, 2.24) is 14.8 Å². The molecule has 1 unspecified atom stereocenters. The van der Waals surface area contributed by atoms with E-state index in [0.29, 0.717) is 24.0 Å². The Labute approximate surface area is 172 Å². The minimum atomic E-state index is -4.48. The number of hydrogen-bond donors (Lipinski definition) is 1. The maximum Gasteiger partial charge on any atom is 0.431 e. The van der Waals surface area contributed by atoms with Crippen molar-refractivity contribution in [3.05, 3.63) is 83.2 Å². The lowest BCUT2D eigenvalue weighted by molar-refractivity contribution is -0.145. The van der Waals surface area contributed by atoms with Crippen LogP contribution < -0.4 is 5.32 Å². The summed E-state index contributed by atoms with van der Waals surface area (Å²) in [6.45, 7) is 1.96. The van der Waals surface area contributed by atoms with Gasteiger partial charge in [-0.3, -0.25) is 4.57 Å². The molecule has 0 saturated carbocycles. The molecule has 30 heavy (non-hydrogen) atoms. The zero-order valence-corrected chi connectivity index (χ0v) is 16.2. The Balaban J connectivity index is 1.67. The summed E-state index contributed by atoms with van der Waals surface area (Å²) in [4.78, 5) is 6.65. The summed E-state index contributed by atoms with van der Waals surface area (Å²) in [6, 6.07) is 18.0. The number of nitrogens with one attached hydrogen (secondary N) is 1. The van der Waals surface area contributed by atoms with Gasteiger partial charge in [-0.05, 0) is 17.7 Å². The van der Waals surface area contributed by atoms with Gasteiger partial charge >= 0.3 is 6.18 Å². The second kappa shape index (κ2) is 7.32. The summed E-state index contributed by atoms with van der Waals surface area (Å²) in [6.07, 6.45) is -2.78. The van der Waals surface area contributed by atoms with Gasteiger partial charge in [0, 0.05) is 48.9 Å². The topological polar surface area (TPSA) is 32.6 Å². The number of para-hydroxylation sites is 1. The molecule has 0 amide bonds. The van der Waals surface area contributed by atoms with Gasteiger partial charge in [-0.2, -0.15) is 13.2 Å². The lowest BCUT2D eigenvalue weighted by Crippen LogP contribution is -2.40. The number of nitrogens with zero attached hydrogens (tertiary/aromatic N) is 3. The van der Waals surface area contributed by atoms with Crippen LogP contribution in [0.1, 0.15) is 24.0 Å². The maximum atomic E-state index is 14.0. The van der Waals surface area contributed by atoms with E-state index in [1.165, 1.54) is 10.6 Å². The molecule has 0 saturated heterocycles. The summed E-state index contributed by atoms with van der Waals surface area (Å²) >= 11 is 0. The van der Waals surface area contributed by atoms with Crippen LogP contribution in [-0.2, 0) is 12.7 Å². The van der Waals surface area contributed by atoms with Crippen molar-refractivity contribution in [3.63, 3.8) is 0 Å². The van der Waals surface area contributed by atoms with Gasteiger partial charge in [0.25, 0.3) is 0 Å². The van der Waals surface area contributed by atoms with Gasteiger partial charge in [0.15, 0.2) is 0 Å². The molecule has 4 nitrogen and oxygen atoms in total. The molecule has 3 heterocycles. The monoisotopic (exact) mass is 410 g/mol. The van der Waals surface area contributed by atoms with Crippen LogP contribution in [0.5, 0.6) is 0 Å². The number of hydrogen-bond acceptors (Lipinski definition) is 3. The molecule has 0 fully saturated rings. The van der Waals surface area contributed by atoms with Gasteiger partial charge in [-0.15, -0.1) is 0 Å². The van der Waals surface area contributed by atoms with E-state index in [9.17, 15) is 13.2 Å². The number of aromatic nitrogens is 1. The second-order valence-electron chi connectivity index (χ2n) is 7.59. The second-order valence-corrected chi connectivity index (χ2v) is 7.59. The predicted molar refractivity (Wildman–Crippen MR) is 111 cm³/mol. The number of halogens is 3. The van der Waals surface area contributed by atoms with E-state index in [0.717, 1.165) is 29.8 Å². The molecule has 0 bridgehead atoms. The molecule has 1 atom stereocenters. The molecule has 7 heteroatoms.